The van der Waals surface area contributed by atoms with Crippen LogP contribution in [-0.2, 0) is 9.59 Å². The zero-order valence-electron chi connectivity index (χ0n) is 19.1. The molecule has 0 spiro atoms. The van der Waals surface area contributed by atoms with Gasteiger partial charge in [0.15, 0.2) is 6.61 Å². The number of anilines is 2. The normalized spacial score (nSPS) is 10.9. The van der Waals surface area contributed by atoms with Gasteiger partial charge in [-0.15, -0.1) is 0 Å². The van der Waals surface area contributed by atoms with Crippen LogP contribution in [0.3, 0.4) is 0 Å². The van der Waals surface area contributed by atoms with Crippen molar-refractivity contribution in [3.8, 4) is 11.8 Å². The number of aryl methyl sites for hydroxylation is 2. The molecule has 6 nitrogen and oxygen atoms in total. The minimum Gasteiger partial charge on any atom is -0.483 e. The molecule has 0 unspecified atom stereocenters. The van der Waals surface area contributed by atoms with Crippen molar-refractivity contribution in [3.63, 3.8) is 0 Å². The van der Waals surface area contributed by atoms with E-state index in [2.05, 4.69) is 10.6 Å². The molecule has 0 saturated heterocycles. The lowest BCUT2D eigenvalue weighted by molar-refractivity contribution is -0.118. The molecule has 0 radical (unpaired) electrons. The fourth-order valence-electron chi connectivity index (χ4n) is 3.12. The summed E-state index contributed by atoms with van der Waals surface area (Å²) in [6.45, 7) is 5.58. The van der Waals surface area contributed by atoms with Gasteiger partial charge in [-0.3, -0.25) is 9.59 Å². The highest BCUT2D eigenvalue weighted by Crippen LogP contribution is 2.26. The number of carbonyl (C=O) groups is 2. The van der Waals surface area contributed by atoms with E-state index in [0.29, 0.717) is 27.7 Å². The van der Waals surface area contributed by atoms with Crippen LogP contribution in [0.5, 0.6) is 5.75 Å². The molecule has 3 aromatic carbocycles. The van der Waals surface area contributed by atoms with Crippen LogP contribution in [0.4, 0.5) is 11.4 Å². The summed E-state index contributed by atoms with van der Waals surface area (Å²) in [7, 11) is 0. The van der Waals surface area contributed by atoms with Gasteiger partial charge in [0.25, 0.3) is 11.8 Å². The smallest absolute Gasteiger partial charge is 0.266 e. The summed E-state index contributed by atoms with van der Waals surface area (Å²) in [6.07, 6.45) is 1.38. The summed E-state index contributed by atoms with van der Waals surface area (Å²) in [5, 5.41) is 15.5. The van der Waals surface area contributed by atoms with E-state index in [4.69, 9.17) is 16.3 Å². The van der Waals surface area contributed by atoms with E-state index in [0.717, 1.165) is 16.7 Å². The molecule has 0 atom stereocenters. The van der Waals surface area contributed by atoms with Crippen molar-refractivity contribution >= 4 is 40.9 Å². The number of hydrogen-bond donors (Lipinski definition) is 2. The second kappa shape index (κ2) is 11.2. The minimum absolute atomic E-state index is 0.132. The van der Waals surface area contributed by atoms with Crippen LogP contribution < -0.4 is 15.4 Å². The molecular weight excluding hydrogens is 450 g/mol. The standard InChI is InChI=1S/C27H24ClN3O3/c1-17-7-10-23(11-8-17)30-27(33)21(15-29)13-20-14-22(28)9-12-25(20)34-16-26(32)31-24-6-4-5-18(2)19(24)3/h4-14H,16H2,1-3H3,(H,30,33)(H,31,32)/b21-13-. The van der Waals surface area contributed by atoms with E-state index in [9.17, 15) is 14.9 Å². The van der Waals surface area contributed by atoms with Crippen molar-refractivity contribution in [2.75, 3.05) is 17.2 Å². The zero-order chi connectivity index (χ0) is 24.7. The number of nitrogens with one attached hydrogen (secondary N) is 2. The first-order valence-electron chi connectivity index (χ1n) is 10.5. The lowest BCUT2D eigenvalue weighted by Crippen LogP contribution is -2.21. The van der Waals surface area contributed by atoms with Crippen LogP contribution in [0.25, 0.3) is 6.08 Å². The summed E-state index contributed by atoms with van der Waals surface area (Å²) >= 11 is 6.12. The number of carbonyl (C=O) groups excluding carboxylic acids is 2. The van der Waals surface area contributed by atoms with Crippen LogP contribution in [0.2, 0.25) is 5.02 Å². The Morgan fingerprint density at radius 2 is 1.76 bits per heavy atom. The van der Waals surface area contributed by atoms with Crippen LogP contribution >= 0.6 is 11.6 Å². The lowest BCUT2D eigenvalue weighted by Gasteiger charge is -2.13. The molecule has 2 N–H and O–H groups in total. The average Bonchev–Trinajstić information content (AvgIpc) is 2.81. The van der Waals surface area contributed by atoms with Gasteiger partial charge in [0, 0.05) is 22.0 Å². The maximum absolute atomic E-state index is 12.6. The number of benzene rings is 3. The molecule has 0 saturated carbocycles. The number of amides is 2. The van der Waals surface area contributed by atoms with Crippen molar-refractivity contribution < 1.29 is 14.3 Å². The minimum atomic E-state index is -0.565. The van der Waals surface area contributed by atoms with Crippen LogP contribution in [0.1, 0.15) is 22.3 Å². The average molecular weight is 474 g/mol. The number of nitrogens with zero attached hydrogens (tertiary/aromatic N) is 1. The third-order valence-corrected chi connectivity index (χ3v) is 5.42. The van der Waals surface area contributed by atoms with Crippen molar-refractivity contribution in [2.45, 2.75) is 20.8 Å². The topological polar surface area (TPSA) is 91.2 Å². The second-order valence-corrected chi connectivity index (χ2v) is 8.19. The molecule has 34 heavy (non-hydrogen) atoms. The first-order valence-corrected chi connectivity index (χ1v) is 10.9. The van der Waals surface area contributed by atoms with Crippen molar-refractivity contribution in [1.29, 1.82) is 5.26 Å². The van der Waals surface area contributed by atoms with E-state index < -0.39 is 5.91 Å². The molecule has 0 aliphatic rings. The number of rotatable bonds is 7. The lowest BCUT2D eigenvalue weighted by atomic mass is 10.1. The number of nitriles is 1. The number of ether oxygens (including phenoxy) is 1. The summed E-state index contributed by atoms with van der Waals surface area (Å²) in [5.74, 6) is -0.586. The number of halogens is 1. The predicted molar refractivity (Wildman–Crippen MR) is 135 cm³/mol. The largest absolute Gasteiger partial charge is 0.483 e. The highest BCUT2D eigenvalue weighted by Gasteiger charge is 2.13. The maximum Gasteiger partial charge on any atom is 0.266 e. The molecule has 7 heteroatoms. The molecular formula is C27H24ClN3O3. The van der Waals surface area contributed by atoms with E-state index >= 15 is 0 Å². The van der Waals surface area contributed by atoms with Crippen molar-refractivity contribution in [1.82, 2.24) is 0 Å². The molecule has 0 aromatic heterocycles. The fourth-order valence-corrected chi connectivity index (χ4v) is 3.30. The van der Waals surface area contributed by atoms with E-state index in [-0.39, 0.29) is 18.1 Å². The van der Waals surface area contributed by atoms with Gasteiger partial charge in [0.05, 0.1) is 0 Å². The van der Waals surface area contributed by atoms with Crippen molar-refractivity contribution in [2.24, 2.45) is 0 Å². The molecule has 2 amide bonds. The third kappa shape index (κ3) is 6.47. The Kier molecular flexibility index (Phi) is 8.07. The SMILES string of the molecule is Cc1ccc(NC(=O)/C(C#N)=C\c2cc(Cl)ccc2OCC(=O)Nc2cccc(C)c2C)cc1. The van der Waals surface area contributed by atoms with Crippen molar-refractivity contribution in [3.05, 3.63) is 93.5 Å². The summed E-state index contributed by atoms with van der Waals surface area (Å²) in [6, 6.07) is 19.6. The van der Waals surface area contributed by atoms with E-state index in [1.165, 1.54) is 6.08 Å². The summed E-state index contributed by atoms with van der Waals surface area (Å²) in [4.78, 5) is 25.1. The van der Waals surface area contributed by atoms with Crippen LogP contribution in [0.15, 0.2) is 66.2 Å². The molecule has 3 aromatic rings. The molecule has 172 valence electrons. The zero-order valence-corrected chi connectivity index (χ0v) is 19.9. The van der Waals surface area contributed by atoms with Gasteiger partial charge < -0.3 is 15.4 Å². The van der Waals surface area contributed by atoms with Crippen LogP contribution in [0, 0.1) is 32.1 Å². The first kappa shape index (κ1) is 24.6. The van der Waals surface area contributed by atoms with Gasteiger partial charge in [-0.05, 0) is 74.4 Å². The van der Waals surface area contributed by atoms with Crippen LogP contribution in [-0.4, -0.2) is 18.4 Å². The first-order chi connectivity index (χ1) is 16.3. The quantitative estimate of drug-likeness (QED) is 0.333. The Balaban J connectivity index is 1.75. The molecule has 0 heterocycles. The Bertz CT molecular complexity index is 1290. The summed E-state index contributed by atoms with van der Waals surface area (Å²) < 4.78 is 5.70. The van der Waals surface area contributed by atoms with Gasteiger partial charge in [0.2, 0.25) is 0 Å². The van der Waals surface area contributed by atoms with Gasteiger partial charge in [-0.2, -0.15) is 5.26 Å². The van der Waals surface area contributed by atoms with E-state index in [1.807, 2.05) is 57.2 Å². The highest BCUT2D eigenvalue weighted by molar-refractivity contribution is 6.30. The molecule has 0 bridgehead atoms. The van der Waals surface area contributed by atoms with Gasteiger partial charge in [0.1, 0.15) is 17.4 Å². The monoisotopic (exact) mass is 473 g/mol. The maximum atomic E-state index is 12.6. The van der Waals surface area contributed by atoms with E-state index in [1.54, 1.807) is 30.3 Å². The van der Waals surface area contributed by atoms with Gasteiger partial charge >= 0.3 is 0 Å². The Hall–Kier alpha value is -4.08. The molecule has 3 rings (SSSR count). The van der Waals surface area contributed by atoms with Gasteiger partial charge in [-0.25, -0.2) is 0 Å². The highest BCUT2D eigenvalue weighted by atomic mass is 35.5. The Morgan fingerprint density at radius 1 is 1.03 bits per heavy atom. The second-order valence-electron chi connectivity index (χ2n) is 7.76. The Labute approximate surface area is 203 Å². The number of hydrogen-bond acceptors (Lipinski definition) is 4. The fraction of sp³-hybridized carbons (Fsp3) is 0.148. The van der Waals surface area contributed by atoms with Gasteiger partial charge in [-0.1, -0.05) is 41.4 Å². The Morgan fingerprint density at radius 3 is 2.47 bits per heavy atom. The molecule has 0 aliphatic carbocycles. The predicted octanol–water partition coefficient (Wildman–Crippen LogP) is 5.83. The summed E-state index contributed by atoms with van der Waals surface area (Å²) in [5.41, 5.74) is 4.65. The molecule has 0 aliphatic heterocycles. The third-order valence-electron chi connectivity index (χ3n) is 5.18. The molecule has 0 fully saturated rings.